The predicted octanol–water partition coefficient (Wildman–Crippen LogP) is 2.15. The van der Waals surface area contributed by atoms with E-state index < -0.39 is 29.2 Å². The van der Waals surface area contributed by atoms with Crippen molar-refractivity contribution >= 4 is 27.3 Å². The van der Waals surface area contributed by atoms with E-state index in [2.05, 4.69) is 0 Å². The van der Waals surface area contributed by atoms with E-state index in [0.717, 1.165) is 6.07 Å². The lowest BCUT2D eigenvalue weighted by Crippen LogP contribution is -2.28. The standard InChI is InChI=1S/C9H10ClF3N2O2S/c10-7-5-6(14)1-2-8(7)18(16,17)15-4-3-9(11,12)13/h1-2,5,15H,3-4,14H2. The predicted molar refractivity (Wildman–Crippen MR) is 61.7 cm³/mol. The van der Waals surface area contributed by atoms with Crippen molar-refractivity contribution in [2.75, 3.05) is 12.3 Å². The van der Waals surface area contributed by atoms with Gasteiger partial charge in [-0.25, -0.2) is 13.1 Å². The lowest BCUT2D eigenvalue weighted by atomic mass is 10.3. The summed E-state index contributed by atoms with van der Waals surface area (Å²) in [5, 5.41) is -0.144. The molecule has 0 amide bonds. The molecule has 9 heteroatoms. The van der Waals surface area contributed by atoms with Crippen LogP contribution in [-0.2, 0) is 10.0 Å². The molecule has 0 radical (unpaired) electrons. The van der Waals surface area contributed by atoms with Crippen LogP contribution in [0.5, 0.6) is 0 Å². The highest BCUT2D eigenvalue weighted by molar-refractivity contribution is 7.89. The van der Waals surface area contributed by atoms with Crippen LogP contribution in [0.15, 0.2) is 23.1 Å². The van der Waals surface area contributed by atoms with Gasteiger partial charge in [0, 0.05) is 12.2 Å². The summed E-state index contributed by atoms with van der Waals surface area (Å²) in [6.45, 7) is -0.744. The van der Waals surface area contributed by atoms with Gasteiger partial charge in [0.05, 0.1) is 11.4 Å². The topological polar surface area (TPSA) is 72.2 Å². The lowest BCUT2D eigenvalue weighted by molar-refractivity contribution is -0.132. The van der Waals surface area contributed by atoms with Gasteiger partial charge >= 0.3 is 6.18 Å². The van der Waals surface area contributed by atoms with Gasteiger partial charge in [-0.15, -0.1) is 0 Å². The van der Waals surface area contributed by atoms with Crippen molar-refractivity contribution in [1.29, 1.82) is 0 Å². The quantitative estimate of drug-likeness (QED) is 0.837. The number of hydrogen-bond donors (Lipinski definition) is 2. The highest BCUT2D eigenvalue weighted by Crippen LogP contribution is 2.24. The van der Waals surface area contributed by atoms with E-state index in [1.807, 2.05) is 4.72 Å². The number of sulfonamides is 1. The molecule has 1 aromatic rings. The Morgan fingerprint density at radius 1 is 1.33 bits per heavy atom. The van der Waals surface area contributed by atoms with Crippen LogP contribution in [-0.4, -0.2) is 21.1 Å². The number of anilines is 1. The molecule has 18 heavy (non-hydrogen) atoms. The van der Waals surface area contributed by atoms with Gasteiger partial charge in [0.1, 0.15) is 4.90 Å². The van der Waals surface area contributed by atoms with Crippen molar-refractivity contribution in [3.63, 3.8) is 0 Å². The summed E-state index contributed by atoms with van der Waals surface area (Å²) in [7, 11) is -4.07. The van der Waals surface area contributed by atoms with Crippen molar-refractivity contribution < 1.29 is 21.6 Å². The van der Waals surface area contributed by atoms with E-state index in [1.54, 1.807) is 0 Å². The van der Waals surface area contributed by atoms with Crippen LogP contribution < -0.4 is 10.5 Å². The highest BCUT2D eigenvalue weighted by Gasteiger charge is 2.28. The number of nitrogens with one attached hydrogen (secondary N) is 1. The Morgan fingerprint density at radius 3 is 2.44 bits per heavy atom. The van der Waals surface area contributed by atoms with Crippen LogP contribution >= 0.6 is 11.6 Å². The van der Waals surface area contributed by atoms with Gasteiger partial charge in [0.15, 0.2) is 0 Å². The second-order valence-electron chi connectivity index (χ2n) is 3.45. The van der Waals surface area contributed by atoms with Crippen molar-refractivity contribution in [3.05, 3.63) is 23.2 Å². The van der Waals surface area contributed by atoms with Crippen LogP contribution in [0.2, 0.25) is 5.02 Å². The summed E-state index contributed by atoms with van der Waals surface area (Å²) in [4.78, 5) is -0.305. The number of nitrogens with two attached hydrogens (primary N) is 1. The Bertz CT molecular complexity index is 531. The smallest absolute Gasteiger partial charge is 0.390 e. The minimum absolute atomic E-state index is 0.144. The maximum absolute atomic E-state index is 11.9. The average molecular weight is 303 g/mol. The molecule has 4 nitrogen and oxygen atoms in total. The Hall–Kier alpha value is -0.990. The van der Waals surface area contributed by atoms with Crippen molar-refractivity contribution in [1.82, 2.24) is 4.72 Å². The van der Waals surface area contributed by atoms with E-state index in [9.17, 15) is 21.6 Å². The zero-order chi connectivity index (χ0) is 14.0. The van der Waals surface area contributed by atoms with Crippen molar-refractivity contribution in [2.24, 2.45) is 0 Å². The molecule has 0 fully saturated rings. The third-order valence-electron chi connectivity index (χ3n) is 1.95. The van der Waals surface area contributed by atoms with Crippen LogP contribution in [0.1, 0.15) is 6.42 Å². The van der Waals surface area contributed by atoms with Gasteiger partial charge in [-0.2, -0.15) is 13.2 Å². The van der Waals surface area contributed by atoms with Gasteiger partial charge in [-0.3, -0.25) is 0 Å². The molecule has 0 aliphatic heterocycles. The van der Waals surface area contributed by atoms with Crippen LogP contribution in [0, 0.1) is 0 Å². The summed E-state index contributed by atoms with van der Waals surface area (Å²) in [6, 6.07) is 3.64. The first-order valence-electron chi connectivity index (χ1n) is 4.73. The first-order chi connectivity index (χ1) is 8.12. The molecular weight excluding hydrogens is 293 g/mol. The van der Waals surface area contributed by atoms with E-state index >= 15 is 0 Å². The zero-order valence-corrected chi connectivity index (χ0v) is 10.5. The Morgan fingerprint density at radius 2 is 1.94 bits per heavy atom. The van der Waals surface area contributed by atoms with Crippen LogP contribution in [0.3, 0.4) is 0 Å². The van der Waals surface area contributed by atoms with E-state index in [4.69, 9.17) is 17.3 Å². The molecule has 0 spiro atoms. The van der Waals surface area contributed by atoms with E-state index in [-0.39, 0.29) is 15.6 Å². The summed E-state index contributed by atoms with van der Waals surface area (Å²) in [6.07, 6.45) is -5.67. The van der Waals surface area contributed by atoms with Gasteiger partial charge in [-0.05, 0) is 18.2 Å². The molecule has 0 aliphatic rings. The maximum atomic E-state index is 11.9. The third-order valence-corrected chi connectivity index (χ3v) is 3.89. The molecule has 102 valence electrons. The molecule has 0 heterocycles. The molecule has 0 saturated carbocycles. The monoisotopic (exact) mass is 302 g/mol. The number of nitrogen functional groups attached to an aromatic ring is 1. The summed E-state index contributed by atoms with van der Waals surface area (Å²) in [5.41, 5.74) is 5.64. The number of hydrogen-bond acceptors (Lipinski definition) is 3. The van der Waals surface area contributed by atoms with Crippen molar-refractivity contribution in [3.8, 4) is 0 Å². The Labute approximate surface area is 107 Å². The van der Waals surface area contributed by atoms with E-state index in [0.29, 0.717) is 0 Å². The Kier molecular flexibility index (Phi) is 4.46. The number of rotatable bonds is 4. The van der Waals surface area contributed by atoms with Gasteiger partial charge < -0.3 is 5.73 Å². The van der Waals surface area contributed by atoms with Gasteiger partial charge in [0.25, 0.3) is 0 Å². The molecule has 0 bridgehead atoms. The normalized spacial score (nSPS) is 12.7. The first-order valence-corrected chi connectivity index (χ1v) is 6.59. The summed E-state index contributed by atoms with van der Waals surface area (Å²) in [5.74, 6) is 0. The third kappa shape index (κ3) is 4.35. The van der Waals surface area contributed by atoms with E-state index in [1.165, 1.54) is 12.1 Å². The minimum atomic E-state index is -4.42. The molecular formula is C9H10ClF3N2O2S. The fourth-order valence-corrected chi connectivity index (χ4v) is 2.72. The molecule has 0 aromatic heterocycles. The van der Waals surface area contributed by atoms with Gasteiger partial charge in [-0.1, -0.05) is 11.6 Å². The fraction of sp³-hybridized carbons (Fsp3) is 0.333. The largest absolute Gasteiger partial charge is 0.399 e. The molecule has 1 aromatic carbocycles. The van der Waals surface area contributed by atoms with Crippen molar-refractivity contribution in [2.45, 2.75) is 17.5 Å². The SMILES string of the molecule is Nc1ccc(S(=O)(=O)NCCC(F)(F)F)c(Cl)c1. The molecule has 0 unspecified atom stereocenters. The first kappa shape index (κ1) is 15.1. The van der Waals surface area contributed by atoms with Crippen LogP contribution in [0.4, 0.5) is 18.9 Å². The minimum Gasteiger partial charge on any atom is -0.399 e. The average Bonchev–Trinajstić information content (AvgIpc) is 2.13. The molecule has 0 aliphatic carbocycles. The number of benzene rings is 1. The van der Waals surface area contributed by atoms with Crippen LogP contribution in [0.25, 0.3) is 0 Å². The van der Waals surface area contributed by atoms with Gasteiger partial charge in [0.2, 0.25) is 10.0 Å². The number of halogens is 4. The summed E-state index contributed by atoms with van der Waals surface area (Å²) < 4.78 is 60.8. The second kappa shape index (κ2) is 5.33. The molecule has 0 atom stereocenters. The Balaban J connectivity index is 2.81. The summed E-state index contributed by atoms with van der Waals surface area (Å²) >= 11 is 5.66. The highest BCUT2D eigenvalue weighted by atomic mass is 35.5. The lowest BCUT2D eigenvalue weighted by Gasteiger charge is -2.10. The fourth-order valence-electron chi connectivity index (χ4n) is 1.14. The number of alkyl halides is 3. The zero-order valence-electron chi connectivity index (χ0n) is 8.96. The molecule has 0 saturated heterocycles. The maximum Gasteiger partial charge on any atom is 0.390 e. The molecule has 1 rings (SSSR count). The second-order valence-corrected chi connectivity index (χ2v) is 5.60. The molecule has 3 N–H and O–H groups in total.